The van der Waals surface area contributed by atoms with Crippen LogP contribution < -0.4 is 5.62 Å². The van der Waals surface area contributed by atoms with E-state index in [1.807, 2.05) is 35.8 Å². The highest BCUT2D eigenvalue weighted by Crippen LogP contribution is 2.23. The van der Waals surface area contributed by atoms with Gasteiger partial charge in [-0.25, -0.2) is 15.0 Å². The summed E-state index contributed by atoms with van der Waals surface area (Å²) in [5.41, 5.74) is 2.83. The van der Waals surface area contributed by atoms with E-state index in [1.54, 1.807) is 11.3 Å². The minimum atomic E-state index is 0.401. The Morgan fingerprint density at radius 3 is 2.77 bits per heavy atom. The lowest BCUT2D eigenvalue weighted by Gasteiger charge is -2.16. The van der Waals surface area contributed by atoms with Gasteiger partial charge in [-0.15, -0.1) is 11.3 Å². The molecule has 22 heavy (non-hydrogen) atoms. The van der Waals surface area contributed by atoms with E-state index in [-0.39, 0.29) is 0 Å². The molecule has 0 amide bonds. The molecule has 0 aromatic carbocycles. The molecule has 0 spiro atoms. The maximum absolute atomic E-state index is 4.95. The first-order valence-electron chi connectivity index (χ1n) is 7.83. The molecule has 4 nitrogen and oxygen atoms in total. The number of imidazole rings is 1. The monoisotopic (exact) mass is 310 g/mol. The fourth-order valence-corrected chi connectivity index (χ4v) is 3.70. The number of thiazole rings is 1. The normalized spacial score (nSPS) is 17.2. The molecule has 4 rings (SSSR count). The Kier molecular flexibility index (Phi) is 3.72. The largest absolute Gasteiger partial charge is 0.252 e. The Morgan fingerprint density at radius 2 is 1.95 bits per heavy atom. The first kappa shape index (κ1) is 13.6. The van der Waals surface area contributed by atoms with Gasteiger partial charge in [0.2, 0.25) is 5.62 Å². The Balaban J connectivity index is 1.91. The molecule has 0 bridgehead atoms. The highest BCUT2D eigenvalue weighted by molar-refractivity contribution is 7.12. The third-order valence-corrected chi connectivity index (χ3v) is 4.89. The van der Waals surface area contributed by atoms with Crippen molar-refractivity contribution in [1.29, 1.82) is 0 Å². The smallest absolute Gasteiger partial charge is 0.232 e. The Labute approximate surface area is 133 Å². The molecule has 0 saturated heterocycles. The lowest BCUT2D eigenvalue weighted by atomic mass is 9.96. The predicted octanol–water partition coefficient (Wildman–Crippen LogP) is 3.67. The second kappa shape index (κ2) is 6.01. The van der Waals surface area contributed by atoms with Gasteiger partial charge in [0.05, 0.1) is 17.4 Å². The van der Waals surface area contributed by atoms with Crippen molar-refractivity contribution in [2.45, 2.75) is 38.1 Å². The van der Waals surface area contributed by atoms with E-state index in [9.17, 15) is 0 Å². The molecule has 3 aliphatic rings. The van der Waals surface area contributed by atoms with Crippen LogP contribution in [-0.4, -0.2) is 20.6 Å². The molecule has 1 fully saturated rings. The zero-order chi connectivity index (χ0) is 14.8. The molecule has 5 heteroatoms. The Morgan fingerprint density at radius 1 is 1.09 bits per heavy atom. The Hall–Kier alpha value is -2.01. The third kappa shape index (κ3) is 2.57. The van der Waals surface area contributed by atoms with Gasteiger partial charge in [0.25, 0.3) is 0 Å². The fraction of sp³-hybridized carbons (Fsp3) is 0.353. The lowest BCUT2D eigenvalue weighted by Crippen LogP contribution is -2.22. The summed E-state index contributed by atoms with van der Waals surface area (Å²) in [7, 11) is 0. The zero-order valence-corrected chi connectivity index (χ0v) is 13.2. The van der Waals surface area contributed by atoms with Gasteiger partial charge >= 0.3 is 0 Å². The van der Waals surface area contributed by atoms with Crippen LogP contribution >= 0.6 is 11.3 Å². The summed E-state index contributed by atoms with van der Waals surface area (Å²) < 4.78 is 2.09. The van der Waals surface area contributed by atoms with Crippen molar-refractivity contribution in [2.75, 3.05) is 0 Å². The summed E-state index contributed by atoms with van der Waals surface area (Å²) in [5, 5.41) is 2.93. The van der Waals surface area contributed by atoms with E-state index in [2.05, 4.69) is 15.6 Å². The molecule has 2 aliphatic carbocycles. The number of aromatic nitrogens is 3. The van der Waals surface area contributed by atoms with Gasteiger partial charge in [0.1, 0.15) is 0 Å². The summed E-state index contributed by atoms with van der Waals surface area (Å²) in [6.07, 6.45) is 8.08. The molecule has 112 valence electrons. The molecule has 0 N–H and O–H groups in total. The van der Waals surface area contributed by atoms with Crippen LogP contribution in [0.2, 0.25) is 0 Å². The second-order valence-electron chi connectivity index (χ2n) is 5.66. The number of nitrogens with zero attached hydrogens (tertiary/aromatic N) is 4. The van der Waals surface area contributed by atoms with Crippen LogP contribution in [0.25, 0.3) is 16.5 Å². The molecule has 1 aliphatic heterocycles. The summed E-state index contributed by atoms with van der Waals surface area (Å²) >= 11 is 1.62. The zero-order valence-electron chi connectivity index (χ0n) is 12.4. The van der Waals surface area contributed by atoms with Crippen LogP contribution in [0.4, 0.5) is 0 Å². The van der Waals surface area contributed by atoms with Crippen molar-refractivity contribution in [3.05, 3.63) is 47.5 Å². The highest BCUT2D eigenvalue weighted by atomic mass is 32.1. The topological polar surface area (TPSA) is 43.1 Å². The molecular weight excluding hydrogens is 292 g/mol. The summed E-state index contributed by atoms with van der Waals surface area (Å²) in [6, 6.07) is 10.6. The average molecular weight is 310 g/mol. The quantitative estimate of drug-likeness (QED) is 0.725. The van der Waals surface area contributed by atoms with Gasteiger partial charge in [-0.2, -0.15) is 0 Å². The van der Waals surface area contributed by atoms with Crippen molar-refractivity contribution in [1.82, 2.24) is 14.5 Å². The van der Waals surface area contributed by atoms with E-state index in [0.29, 0.717) is 6.04 Å². The van der Waals surface area contributed by atoms with Crippen LogP contribution in [0.15, 0.2) is 46.9 Å². The number of fused-ring (bicyclic) bond motifs is 1. The molecule has 1 aromatic rings. The average Bonchev–Trinajstić information content (AvgIpc) is 3.11. The van der Waals surface area contributed by atoms with Crippen LogP contribution in [0, 0.1) is 0 Å². The summed E-state index contributed by atoms with van der Waals surface area (Å²) in [4.78, 5) is 14.2. The van der Waals surface area contributed by atoms with Crippen LogP contribution in [0.1, 0.15) is 32.1 Å². The van der Waals surface area contributed by atoms with Crippen LogP contribution in [-0.2, 0) is 0 Å². The van der Waals surface area contributed by atoms with Crippen molar-refractivity contribution >= 4 is 11.3 Å². The SMILES string of the molecule is c1ccc2nc(=NC3CCCCC3)n(-c3nccs3)c-2cc1. The molecule has 2 heterocycles. The standard InChI is InChI=1S/C17H18N4S/c1-3-7-13(8-4-1)19-16-20-14-9-5-2-6-10-15(14)21(16)17-18-11-12-22-17/h2,5-6,9-13H,1,3-4,7-8H2. The highest BCUT2D eigenvalue weighted by Gasteiger charge is 2.17. The number of rotatable bonds is 2. The summed E-state index contributed by atoms with van der Waals surface area (Å²) in [5.74, 6) is 0. The van der Waals surface area contributed by atoms with Gasteiger partial charge < -0.3 is 0 Å². The Bertz CT molecular complexity index is 785. The van der Waals surface area contributed by atoms with Crippen molar-refractivity contribution < 1.29 is 0 Å². The second-order valence-corrected chi connectivity index (χ2v) is 6.54. The van der Waals surface area contributed by atoms with Crippen molar-refractivity contribution in [3.8, 4) is 16.5 Å². The third-order valence-electron chi connectivity index (χ3n) is 4.14. The van der Waals surface area contributed by atoms with Gasteiger partial charge in [-0.3, -0.25) is 4.57 Å². The number of hydrogen-bond donors (Lipinski definition) is 0. The van der Waals surface area contributed by atoms with Crippen LogP contribution in [0.5, 0.6) is 0 Å². The van der Waals surface area contributed by atoms with E-state index < -0.39 is 0 Å². The molecular formula is C17H18N4S. The van der Waals surface area contributed by atoms with Gasteiger partial charge in [-0.05, 0) is 25.0 Å². The van der Waals surface area contributed by atoms with Gasteiger partial charge in [0.15, 0.2) is 5.13 Å². The maximum atomic E-state index is 4.95. The van der Waals surface area contributed by atoms with Gasteiger partial charge in [-0.1, -0.05) is 37.5 Å². The van der Waals surface area contributed by atoms with Crippen molar-refractivity contribution in [3.63, 3.8) is 0 Å². The van der Waals surface area contributed by atoms with Gasteiger partial charge in [0, 0.05) is 11.6 Å². The summed E-state index contributed by atoms with van der Waals surface area (Å²) in [6.45, 7) is 0. The lowest BCUT2D eigenvalue weighted by molar-refractivity contribution is 0.433. The predicted molar refractivity (Wildman–Crippen MR) is 88.3 cm³/mol. The molecule has 0 unspecified atom stereocenters. The van der Waals surface area contributed by atoms with E-state index in [1.165, 1.54) is 32.1 Å². The fourth-order valence-electron chi connectivity index (χ4n) is 3.05. The minimum Gasteiger partial charge on any atom is -0.252 e. The van der Waals surface area contributed by atoms with E-state index >= 15 is 0 Å². The van der Waals surface area contributed by atoms with Crippen molar-refractivity contribution in [2.24, 2.45) is 4.99 Å². The maximum Gasteiger partial charge on any atom is 0.232 e. The molecule has 0 atom stereocenters. The first-order chi connectivity index (χ1) is 10.9. The molecule has 0 radical (unpaired) electrons. The van der Waals surface area contributed by atoms with E-state index in [0.717, 1.165) is 22.1 Å². The molecule has 1 aromatic heterocycles. The minimum absolute atomic E-state index is 0.401. The van der Waals surface area contributed by atoms with E-state index in [4.69, 9.17) is 9.98 Å². The number of hydrogen-bond acceptors (Lipinski definition) is 4. The molecule has 1 saturated carbocycles. The van der Waals surface area contributed by atoms with Crippen LogP contribution in [0.3, 0.4) is 0 Å². The first-order valence-corrected chi connectivity index (χ1v) is 8.71.